The molecule has 0 radical (unpaired) electrons. The average Bonchev–Trinajstić information content (AvgIpc) is 2.45. The van der Waals surface area contributed by atoms with Crippen LogP contribution in [0.1, 0.15) is 23.2 Å². The van der Waals surface area contributed by atoms with Crippen molar-refractivity contribution >= 4 is 37.8 Å². The fourth-order valence-electron chi connectivity index (χ4n) is 2.27. The van der Waals surface area contributed by atoms with Crippen molar-refractivity contribution in [2.24, 2.45) is 0 Å². The Morgan fingerprint density at radius 2 is 2.10 bits per heavy atom. The molecular formula is C14H16Br2FNO2. The Labute approximate surface area is 134 Å². The number of piperidine rings is 1. The van der Waals surface area contributed by atoms with E-state index in [1.165, 1.54) is 12.1 Å². The van der Waals surface area contributed by atoms with Crippen molar-refractivity contribution in [3.8, 4) is 0 Å². The highest BCUT2D eigenvalue weighted by atomic mass is 79.9. The van der Waals surface area contributed by atoms with E-state index in [4.69, 9.17) is 4.74 Å². The number of nitrogens with zero attached hydrogens (tertiary/aromatic N) is 1. The Kier molecular flexibility index (Phi) is 5.99. The van der Waals surface area contributed by atoms with Gasteiger partial charge in [0.1, 0.15) is 5.82 Å². The van der Waals surface area contributed by atoms with Gasteiger partial charge in [0.05, 0.1) is 18.3 Å². The Balaban J connectivity index is 1.94. The number of carbonyl (C=O) groups is 1. The van der Waals surface area contributed by atoms with Crippen LogP contribution >= 0.6 is 31.9 Å². The predicted octanol–water partition coefficient (Wildman–Crippen LogP) is 3.60. The Hall–Kier alpha value is -0.460. The van der Waals surface area contributed by atoms with Crippen LogP contribution in [0.2, 0.25) is 0 Å². The van der Waals surface area contributed by atoms with Crippen LogP contribution in [0.3, 0.4) is 0 Å². The summed E-state index contributed by atoms with van der Waals surface area (Å²) in [6, 6.07) is 4.52. The molecule has 0 N–H and O–H groups in total. The first-order valence-corrected chi connectivity index (χ1v) is 8.45. The first-order chi connectivity index (χ1) is 9.61. The van der Waals surface area contributed by atoms with Crippen LogP contribution < -0.4 is 0 Å². The van der Waals surface area contributed by atoms with Gasteiger partial charge in [-0.2, -0.15) is 0 Å². The van der Waals surface area contributed by atoms with Crippen molar-refractivity contribution in [3.05, 3.63) is 34.1 Å². The second-order valence-electron chi connectivity index (χ2n) is 4.68. The minimum atomic E-state index is -0.484. The second kappa shape index (κ2) is 7.52. The summed E-state index contributed by atoms with van der Waals surface area (Å²) in [7, 11) is 0. The SMILES string of the molecule is O=C(c1ccc(Br)cc1F)N1CCC(OCCBr)CC1. The average molecular weight is 409 g/mol. The maximum atomic E-state index is 13.8. The zero-order valence-corrected chi connectivity index (χ0v) is 14.1. The second-order valence-corrected chi connectivity index (χ2v) is 6.38. The fraction of sp³-hybridized carbons (Fsp3) is 0.500. The van der Waals surface area contributed by atoms with E-state index >= 15 is 0 Å². The highest BCUT2D eigenvalue weighted by Crippen LogP contribution is 2.20. The van der Waals surface area contributed by atoms with Gasteiger partial charge in [0.2, 0.25) is 0 Å². The summed E-state index contributed by atoms with van der Waals surface area (Å²) < 4.78 is 20.1. The molecule has 1 aliphatic heterocycles. The third-order valence-corrected chi connectivity index (χ3v) is 4.14. The van der Waals surface area contributed by atoms with Gasteiger partial charge in [0.15, 0.2) is 0 Å². The molecule has 2 rings (SSSR count). The van der Waals surface area contributed by atoms with Crippen molar-refractivity contribution in [3.63, 3.8) is 0 Å². The lowest BCUT2D eigenvalue weighted by Crippen LogP contribution is -2.41. The summed E-state index contributed by atoms with van der Waals surface area (Å²) in [4.78, 5) is 14.0. The standard InChI is InChI=1S/C14H16Br2FNO2/c15-5-8-20-11-3-6-18(7-4-11)14(19)12-2-1-10(16)9-13(12)17/h1-2,9,11H,3-8H2. The first kappa shape index (κ1) is 15.9. The van der Waals surface area contributed by atoms with Gasteiger partial charge in [-0.3, -0.25) is 4.79 Å². The smallest absolute Gasteiger partial charge is 0.256 e. The summed E-state index contributed by atoms with van der Waals surface area (Å²) in [5.74, 6) is -0.726. The number of ether oxygens (including phenoxy) is 1. The summed E-state index contributed by atoms with van der Waals surface area (Å²) >= 11 is 6.51. The van der Waals surface area contributed by atoms with Gasteiger partial charge >= 0.3 is 0 Å². The summed E-state index contributed by atoms with van der Waals surface area (Å²) in [6.45, 7) is 1.91. The molecule has 0 aliphatic carbocycles. The monoisotopic (exact) mass is 407 g/mol. The lowest BCUT2D eigenvalue weighted by Gasteiger charge is -2.32. The zero-order valence-electron chi connectivity index (χ0n) is 10.9. The minimum Gasteiger partial charge on any atom is -0.377 e. The quantitative estimate of drug-likeness (QED) is 0.712. The van der Waals surface area contributed by atoms with E-state index < -0.39 is 5.82 Å². The van der Waals surface area contributed by atoms with Gasteiger partial charge in [-0.1, -0.05) is 31.9 Å². The number of rotatable bonds is 4. The van der Waals surface area contributed by atoms with Crippen molar-refractivity contribution in [2.45, 2.75) is 18.9 Å². The van der Waals surface area contributed by atoms with E-state index in [1.54, 1.807) is 11.0 Å². The molecule has 1 amide bonds. The summed E-state index contributed by atoms with van der Waals surface area (Å²) in [6.07, 6.45) is 1.81. The molecule has 0 saturated carbocycles. The molecule has 0 spiro atoms. The Bertz CT molecular complexity index is 476. The molecule has 0 atom stereocenters. The molecular weight excluding hydrogens is 393 g/mol. The zero-order chi connectivity index (χ0) is 14.5. The van der Waals surface area contributed by atoms with Gasteiger partial charge in [-0.05, 0) is 31.0 Å². The van der Waals surface area contributed by atoms with Crippen molar-refractivity contribution in [1.82, 2.24) is 4.90 Å². The number of alkyl halides is 1. The molecule has 20 heavy (non-hydrogen) atoms. The number of hydrogen-bond acceptors (Lipinski definition) is 2. The lowest BCUT2D eigenvalue weighted by molar-refractivity contribution is 0.0158. The van der Waals surface area contributed by atoms with Gasteiger partial charge in [-0.15, -0.1) is 0 Å². The molecule has 6 heteroatoms. The molecule has 0 unspecified atom stereocenters. The normalized spacial score (nSPS) is 16.4. The molecule has 1 fully saturated rings. The Morgan fingerprint density at radius 1 is 1.40 bits per heavy atom. The largest absolute Gasteiger partial charge is 0.377 e. The van der Waals surface area contributed by atoms with E-state index in [2.05, 4.69) is 31.9 Å². The molecule has 110 valence electrons. The van der Waals surface area contributed by atoms with Crippen molar-refractivity contribution in [1.29, 1.82) is 0 Å². The van der Waals surface area contributed by atoms with Crippen LogP contribution in [-0.2, 0) is 4.74 Å². The van der Waals surface area contributed by atoms with Crippen LogP contribution in [0, 0.1) is 5.82 Å². The number of hydrogen-bond donors (Lipinski definition) is 0. The number of likely N-dealkylation sites (tertiary alicyclic amines) is 1. The maximum Gasteiger partial charge on any atom is 0.256 e. The van der Waals surface area contributed by atoms with Crippen LogP contribution in [0.25, 0.3) is 0 Å². The highest BCUT2D eigenvalue weighted by molar-refractivity contribution is 9.10. The minimum absolute atomic E-state index is 0.132. The van der Waals surface area contributed by atoms with E-state index in [9.17, 15) is 9.18 Å². The fourth-order valence-corrected chi connectivity index (χ4v) is 2.79. The molecule has 1 saturated heterocycles. The van der Waals surface area contributed by atoms with Crippen LogP contribution in [0.15, 0.2) is 22.7 Å². The van der Waals surface area contributed by atoms with Crippen LogP contribution in [0.4, 0.5) is 4.39 Å². The number of carbonyl (C=O) groups excluding carboxylic acids is 1. The maximum absolute atomic E-state index is 13.8. The molecule has 1 heterocycles. The molecule has 0 aromatic heterocycles. The number of halogens is 3. The molecule has 1 aliphatic rings. The molecule has 3 nitrogen and oxygen atoms in total. The van der Waals surface area contributed by atoms with E-state index in [0.29, 0.717) is 24.2 Å². The van der Waals surface area contributed by atoms with Gasteiger partial charge < -0.3 is 9.64 Å². The van der Waals surface area contributed by atoms with Crippen molar-refractivity contribution < 1.29 is 13.9 Å². The van der Waals surface area contributed by atoms with Gasteiger partial charge in [0.25, 0.3) is 5.91 Å². The predicted molar refractivity (Wildman–Crippen MR) is 82.8 cm³/mol. The van der Waals surface area contributed by atoms with Gasteiger partial charge in [-0.25, -0.2) is 4.39 Å². The van der Waals surface area contributed by atoms with Crippen LogP contribution in [-0.4, -0.2) is 41.9 Å². The van der Waals surface area contributed by atoms with E-state index in [0.717, 1.165) is 18.2 Å². The molecule has 0 bridgehead atoms. The number of benzene rings is 1. The lowest BCUT2D eigenvalue weighted by atomic mass is 10.1. The van der Waals surface area contributed by atoms with E-state index in [1.807, 2.05) is 0 Å². The molecule has 1 aromatic rings. The van der Waals surface area contributed by atoms with Gasteiger partial charge in [0, 0.05) is 22.9 Å². The summed E-state index contributed by atoms with van der Waals surface area (Å²) in [5, 5.41) is 0.816. The van der Waals surface area contributed by atoms with Crippen molar-refractivity contribution in [2.75, 3.05) is 25.0 Å². The summed E-state index contributed by atoms with van der Waals surface area (Å²) in [5.41, 5.74) is 0.132. The third-order valence-electron chi connectivity index (χ3n) is 3.32. The highest BCUT2D eigenvalue weighted by Gasteiger charge is 2.25. The van der Waals surface area contributed by atoms with E-state index in [-0.39, 0.29) is 17.6 Å². The Morgan fingerprint density at radius 3 is 2.70 bits per heavy atom. The topological polar surface area (TPSA) is 29.5 Å². The van der Waals surface area contributed by atoms with Crippen LogP contribution in [0.5, 0.6) is 0 Å². The third kappa shape index (κ3) is 4.02. The number of amides is 1. The molecule has 1 aromatic carbocycles. The first-order valence-electron chi connectivity index (χ1n) is 6.53.